The van der Waals surface area contributed by atoms with E-state index in [1.807, 2.05) is 20.1 Å². The minimum atomic E-state index is -0.769. The van der Waals surface area contributed by atoms with Crippen LogP contribution >= 0.6 is 11.8 Å². The van der Waals surface area contributed by atoms with E-state index in [4.69, 9.17) is 10.4 Å². The number of carboxylic acids is 1. The molecule has 0 saturated heterocycles. The Morgan fingerprint density at radius 1 is 1.64 bits per heavy atom. The molecule has 0 aromatic heterocycles. The predicted molar refractivity (Wildman–Crippen MR) is 55.6 cm³/mol. The van der Waals surface area contributed by atoms with Crippen LogP contribution in [-0.2, 0) is 4.79 Å². The molecule has 1 fully saturated rings. The number of hydrogen-bond acceptors (Lipinski definition) is 3. The first-order valence-corrected chi connectivity index (χ1v) is 5.56. The molecule has 3 nitrogen and oxygen atoms in total. The van der Waals surface area contributed by atoms with Crippen LogP contribution in [0, 0.1) is 28.6 Å². The third-order valence-corrected chi connectivity index (χ3v) is 3.50. The Kier molecular flexibility index (Phi) is 2.91. The van der Waals surface area contributed by atoms with Crippen molar-refractivity contribution >= 4 is 17.7 Å². The Bertz CT molecular complexity index is 328. The second-order valence-electron chi connectivity index (χ2n) is 4.01. The molecule has 0 aromatic carbocycles. The van der Waals surface area contributed by atoms with Crippen molar-refractivity contribution in [3.63, 3.8) is 0 Å². The van der Waals surface area contributed by atoms with Gasteiger partial charge in [0, 0.05) is 0 Å². The van der Waals surface area contributed by atoms with Crippen LogP contribution in [0.4, 0.5) is 0 Å². The molecule has 0 heterocycles. The highest BCUT2D eigenvalue weighted by Crippen LogP contribution is 2.59. The number of nitriles is 1. The van der Waals surface area contributed by atoms with Gasteiger partial charge < -0.3 is 5.11 Å². The van der Waals surface area contributed by atoms with Crippen molar-refractivity contribution in [1.82, 2.24) is 0 Å². The van der Waals surface area contributed by atoms with Crippen LogP contribution < -0.4 is 0 Å². The maximum Gasteiger partial charge on any atom is 0.307 e. The summed E-state index contributed by atoms with van der Waals surface area (Å²) in [5.74, 6) is -1.10. The smallest absolute Gasteiger partial charge is 0.307 e. The van der Waals surface area contributed by atoms with E-state index in [9.17, 15) is 4.79 Å². The first-order valence-electron chi connectivity index (χ1n) is 4.34. The van der Waals surface area contributed by atoms with Crippen LogP contribution in [-0.4, -0.2) is 17.3 Å². The fourth-order valence-electron chi connectivity index (χ4n) is 1.77. The van der Waals surface area contributed by atoms with Gasteiger partial charge in [-0.3, -0.25) is 4.79 Å². The summed E-state index contributed by atoms with van der Waals surface area (Å²) in [7, 11) is 0. The van der Waals surface area contributed by atoms with Gasteiger partial charge in [-0.1, -0.05) is 19.9 Å². The molecule has 1 saturated carbocycles. The lowest BCUT2D eigenvalue weighted by atomic mass is 10.1. The van der Waals surface area contributed by atoms with Crippen molar-refractivity contribution in [1.29, 1.82) is 5.26 Å². The lowest BCUT2D eigenvalue weighted by Gasteiger charge is -1.97. The molecule has 0 spiro atoms. The Morgan fingerprint density at radius 2 is 2.21 bits per heavy atom. The Labute approximate surface area is 87.8 Å². The average Bonchev–Trinajstić information content (AvgIpc) is 2.63. The van der Waals surface area contributed by atoms with Crippen molar-refractivity contribution in [3.8, 4) is 6.07 Å². The molecule has 76 valence electrons. The summed E-state index contributed by atoms with van der Waals surface area (Å²) in [6, 6.07) is 2.05. The normalized spacial score (nSPS) is 29.4. The molecule has 1 aliphatic carbocycles. The van der Waals surface area contributed by atoms with Gasteiger partial charge in [0.2, 0.25) is 0 Å². The molecule has 4 heteroatoms. The first kappa shape index (κ1) is 11.1. The first-order chi connectivity index (χ1) is 6.45. The summed E-state index contributed by atoms with van der Waals surface area (Å²) in [6.07, 6.45) is 3.60. The molecule has 1 unspecified atom stereocenters. The van der Waals surface area contributed by atoms with E-state index >= 15 is 0 Å². The summed E-state index contributed by atoms with van der Waals surface area (Å²) in [4.78, 5) is 11.4. The molecule has 0 amide bonds. The third-order valence-electron chi connectivity index (χ3n) is 2.84. The molecule has 14 heavy (non-hydrogen) atoms. The van der Waals surface area contributed by atoms with Crippen molar-refractivity contribution in [3.05, 3.63) is 11.0 Å². The number of nitrogens with zero attached hydrogens (tertiary/aromatic N) is 1. The van der Waals surface area contributed by atoms with Crippen LogP contribution in [0.1, 0.15) is 13.8 Å². The number of rotatable bonds is 3. The lowest BCUT2D eigenvalue weighted by Crippen LogP contribution is -2.03. The SMILES string of the molecule is CS/C(C#N)=C/C1[C@@H](C(=O)O)C1(C)C. The highest BCUT2D eigenvalue weighted by molar-refractivity contribution is 8.02. The molecule has 2 atom stereocenters. The highest BCUT2D eigenvalue weighted by Gasteiger charge is 2.61. The van der Waals surface area contributed by atoms with Crippen LogP contribution in [0.15, 0.2) is 11.0 Å². The van der Waals surface area contributed by atoms with Gasteiger partial charge in [-0.2, -0.15) is 5.26 Å². The fourth-order valence-corrected chi connectivity index (χ4v) is 2.15. The maximum atomic E-state index is 10.8. The van der Waals surface area contributed by atoms with Gasteiger partial charge in [0.05, 0.1) is 10.8 Å². The molecule has 1 rings (SSSR count). The van der Waals surface area contributed by atoms with Crippen LogP contribution in [0.25, 0.3) is 0 Å². The zero-order chi connectivity index (χ0) is 10.9. The van der Waals surface area contributed by atoms with Crippen molar-refractivity contribution < 1.29 is 9.90 Å². The summed E-state index contributed by atoms with van der Waals surface area (Å²) >= 11 is 1.36. The predicted octanol–water partition coefficient (Wildman–Crippen LogP) is 2.11. The standard InChI is InChI=1S/C10H13NO2S/c1-10(2)7(8(10)9(12)13)4-6(5-11)14-3/h4,7-8H,1-3H3,(H,12,13)/b6-4+/t7?,8-/m0/s1. The molecule has 0 bridgehead atoms. The van der Waals surface area contributed by atoms with E-state index in [0.29, 0.717) is 4.91 Å². The van der Waals surface area contributed by atoms with Crippen LogP contribution in [0.5, 0.6) is 0 Å². The maximum absolute atomic E-state index is 10.8. The van der Waals surface area contributed by atoms with Gasteiger partial charge in [-0.15, -0.1) is 11.8 Å². The summed E-state index contributed by atoms with van der Waals surface area (Å²) in [5.41, 5.74) is -0.205. The molecular weight excluding hydrogens is 198 g/mol. The zero-order valence-corrected chi connectivity index (χ0v) is 9.26. The molecule has 0 aliphatic heterocycles. The van der Waals surface area contributed by atoms with E-state index in [0.717, 1.165) is 0 Å². The topological polar surface area (TPSA) is 61.1 Å². The minimum Gasteiger partial charge on any atom is -0.481 e. The Balaban J connectivity index is 2.80. The van der Waals surface area contributed by atoms with Crippen molar-refractivity contribution in [2.45, 2.75) is 13.8 Å². The van der Waals surface area contributed by atoms with E-state index in [1.54, 1.807) is 6.08 Å². The zero-order valence-electron chi connectivity index (χ0n) is 8.44. The summed E-state index contributed by atoms with van der Waals surface area (Å²) in [6.45, 7) is 3.84. The molecular formula is C10H13NO2S. The highest BCUT2D eigenvalue weighted by atomic mass is 32.2. The quantitative estimate of drug-likeness (QED) is 0.726. The van der Waals surface area contributed by atoms with Gasteiger partial charge in [0.15, 0.2) is 0 Å². The van der Waals surface area contributed by atoms with E-state index in [2.05, 4.69) is 6.07 Å². The second-order valence-corrected chi connectivity index (χ2v) is 4.86. The Morgan fingerprint density at radius 3 is 2.50 bits per heavy atom. The van der Waals surface area contributed by atoms with Gasteiger partial charge >= 0.3 is 5.97 Å². The Hall–Kier alpha value is -0.950. The van der Waals surface area contributed by atoms with Gasteiger partial charge in [-0.05, 0) is 17.6 Å². The summed E-state index contributed by atoms with van der Waals surface area (Å²) < 4.78 is 0. The van der Waals surface area contributed by atoms with Gasteiger partial charge in [-0.25, -0.2) is 0 Å². The van der Waals surface area contributed by atoms with E-state index in [1.165, 1.54) is 11.8 Å². The van der Waals surface area contributed by atoms with Crippen LogP contribution in [0.3, 0.4) is 0 Å². The number of carboxylic acid groups (broad SMARTS) is 1. The van der Waals surface area contributed by atoms with Gasteiger partial charge in [0.25, 0.3) is 0 Å². The monoisotopic (exact) mass is 211 g/mol. The fraction of sp³-hybridized carbons (Fsp3) is 0.600. The molecule has 0 aromatic rings. The molecule has 1 N–H and O–H groups in total. The van der Waals surface area contributed by atoms with E-state index in [-0.39, 0.29) is 17.3 Å². The summed E-state index contributed by atoms with van der Waals surface area (Å²) in [5, 5.41) is 17.6. The second kappa shape index (κ2) is 3.66. The largest absolute Gasteiger partial charge is 0.481 e. The van der Waals surface area contributed by atoms with Gasteiger partial charge in [0.1, 0.15) is 6.07 Å². The number of carbonyl (C=O) groups is 1. The molecule has 0 radical (unpaired) electrons. The van der Waals surface area contributed by atoms with Crippen molar-refractivity contribution in [2.75, 3.05) is 6.26 Å². The number of thioether (sulfide) groups is 1. The van der Waals surface area contributed by atoms with Crippen LogP contribution in [0.2, 0.25) is 0 Å². The number of aliphatic carboxylic acids is 1. The third kappa shape index (κ3) is 1.78. The number of allylic oxidation sites excluding steroid dienone is 2. The molecule has 1 aliphatic rings. The van der Waals surface area contributed by atoms with E-state index < -0.39 is 5.97 Å². The van der Waals surface area contributed by atoms with Crippen molar-refractivity contribution in [2.24, 2.45) is 17.3 Å². The lowest BCUT2D eigenvalue weighted by molar-refractivity contribution is -0.139. The minimum absolute atomic E-state index is 0.00194. The number of hydrogen-bond donors (Lipinski definition) is 1. The average molecular weight is 211 g/mol.